The van der Waals surface area contributed by atoms with Crippen LogP contribution in [0.1, 0.15) is 0 Å². The Bertz CT molecular complexity index is 855. The van der Waals surface area contributed by atoms with Crippen molar-refractivity contribution in [1.82, 2.24) is 0 Å². The van der Waals surface area contributed by atoms with E-state index in [4.69, 9.17) is 5.73 Å². The molecule has 116 valence electrons. The first-order valence-electron chi connectivity index (χ1n) is 7.10. The molecule has 0 aromatic heterocycles. The van der Waals surface area contributed by atoms with Gasteiger partial charge in [0.05, 0.1) is 17.1 Å². The number of para-hydroxylation sites is 3. The largest absolute Gasteiger partial charge is 0.398 e. The van der Waals surface area contributed by atoms with Crippen molar-refractivity contribution >= 4 is 27.1 Å². The predicted molar refractivity (Wildman–Crippen MR) is 93.1 cm³/mol. The van der Waals surface area contributed by atoms with Gasteiger partial charge in [-0.1, -0.05) is 48.5 Å². The lowest BCUT2D eigenvalue weighted by Crippen LogP contribution is -2.26. The number of nitrogen functional groups attached to an aromatic ring is 1. The number of hydrogen-bond donors (Lipinski definition) is 1. The van der Waals surface area contributed by atoms with E-state index in [1.54, 1.807) is 66.7 Å². The molecule has 0 saturated carbocycles. The summed E-state index contributed by atoms with van der Waals surface area (Å²) in [7, 11) is -3.83. The van der Waals surface area contributed by atoms with Gasteiger partial charge in [0, 0.05) is 0 Å². The van der Waals surface area contributed by atoms with Gasteiger partial charge in [0.2, 0.25) is 0 Å². The second-order valence-corrected chi connectivity index (χ2v) is 6.73. The topological polar surface area (TPSA) is 63.4 Å². The molecule has 4 nitrogen and oxygen atoms in total. The Morgan fingerprint density at radius 3 is 1.57 bits per heavy atom. The van der Waals surface area contributed by atoms with Crippen molar-refractivity contribution in [3.63, 3.8) is 0 Å². The van der Waals surface area contributed by atoms with Crippen molar-refractivity contribution in [3.8, 4) is 0 Å². The van der Waals surface area contributed by atoms with Crippen LogP contribution < -0.4 is 10.0 Å². The number of nitrogens with zero attached hydrogens (tertiary/aromatic N) is 1. The highest BCUT2D eigenvalue weighted by molar-refractivity contribution is 7.93. The molecule has 3 rings (SSSR count). The molecule has 0 aliphatic carbocycles. The molecule has 0 fully saturated rings. The van der Waals surface area contributed by atoms with Gasteiger partial charge in [0.25, 0.3) is 10.0 Å². The quantitative estimate of drug-likeness (QED) is 0.743. The Labute approximate surface area is 135 Å². The van der Waals surface area contributed by atoms with Crippen LogP contribution in [0.4, 0.5) is 17.1 Å². The molecule has 0 radical (unpaired) electrons. The van der Waals surface area contributed by atoms with Crippen LogP contribution in [0.2, 0.25) is 0 Å². The van der Waals surface area contributed by atoms with Crippen LogP contribution in [-0.4, -0.2) is 8.42 Å². The normalized spacial score (nSPS) is 11.1. The van der Waals surface area contributed by atoms with Gasteiger partial charge in [-0.25, -0.2) is 12.7 Å². The second kappa shape index (κ2) is 6.14. The molecule has 0 unspecified atom stereocenters. The zero-order chi connectivity index (χ0) is 16.3. The molecule has 2 N–H and O–H groups in total. The van der Waals surface area contributed by atoms with Crippen molar-refractivity contribution < 1.29 is 8.42 Å². The van der Waals surface area contributed by atoms with Gasteiger partial charge in [0.15, 0.2) is 0 Å². The monoisotopic (exact) mass is 324 g/mol. The van der Waals surface area contributed by atoms with Gasteiger partial charge in [-0.2, -0.15) is 0 Å². The summed E-state index contributed by atoms with van der Waals surface area (Å²) in [4.78, 5) is 0.0905. The molecule has 0 spiro atoms. The number of benzene rings is 3. The van der Waals surface area contributed by atoms with Crippen molar-refractivity contribution in [2.75, 3.05) is 10.0 Å². The first-order chi connectivity index (χ1) is 11.1. The lowest BCUT2D eigenvalue weighted by Gasteiger charge is -2.25. The molecule has 3 aromatic rings. The maximum atomic E-state index is 13.2. The molecule has 5 heteroatoms. The average molecular weight is 324 g/mol. The van der Waals surface area contributed by atoms with Gasteiger partial charge in [-0.05, 0) is 36.4 Å². The summed E-state index contributed by atoms with van der Waals surface area (Å²) in [6.45, 7) is 0. The summed E-state index contributed by atoms with van der Waals surface area (Å²) in [5, 5.41) is 0. The molecule has 0 bridgehead atoms. The van der Waals surface area contributed by atoms with Gasteiger partial charge in [0.1, 0.15) is 4.90 Å². The molecule has 0 aliphatic rings. The summed E-state index contributed by atoms with van der Waals surface area (Å²) in [5.74, 6) is 0. The minimum absolute atomic E-state index is 0.0905. The van der Waals surface area contributed by atoms with Crippen molar-refractivity contribution in [1.29, 1.82) is 0 Å². The predicted octanol–water partition coefficient (Wildman–Crippen LogP) is 3.80. The zero-order valence-electron chi connectivity index (χ0n) is 12.3. The van der Waals surface area contributed by atoms with E-state index in [0.29, 0.717) is 11.4 Å². The fourth-order valence-electron chi connectivity index (χ4n) is 2.37. The molecule has 0 heterocycles. The number of sulfonamides is 1. The third-order valence-electron chi connectivity index (χ3n) is 3.42. The highest BCUT2D eigenvalue weighted by Gasteiger charge is 2.28. The third-order valence-corrected chi connectivity index (χ3v) is 5.25. The molecule has 0 atom stereocenters. The molecular formula is C18H16N2O2S. The molecule has 0 saturated heterocycles. The minimum Gasteiger partial charge on any atom is -0.398 e. The van der Waals surface area contributed by atoms with Crippen LogP contribution in [-0.2, 0) is 10.0 Å². The van der Waals surface area contributed by atoms with Crippen LogP contribution in [0, 0.1) is 0 Å². The van der Waals surface area contributed by atoms with Crippen LogP contribution in [0.3, 0.4) is 0 Å². The lowest BCUT2D eigenvalue weighted by atomic mass is 10.3. The Morgan fingerprint density at radius 2 is 1.09 bits per heavy atom. The Hall–Kier alpha value is -2.79. The van der Waals surface area contributed by atoms with Crippen molar-refractivity contribution in [3.05, 3.63) is 84.9 Å². The average Bonchev–Trinajstić information content (AvgIpc) is 2.57. The van der Waals surface area contributed by atoms with E-state index in [1.165, 1.54) is 10.4 Å². The number of nitrogens with two attached hydrogens (primary N) is 1. The summed E-state index contributed by atoms with van der Waals surface area (Å²) >= 11 is 0. The van der Waals surface area contributed by atoms with E-state index in [1.807, 2.05) is 12.1 Å². The molecule has 0 aliphatic heterocycles. The fourth-order valence-corrected chi connectivity index (χ4v) is 3.98. The third kappa shape index (κ3) is 2.91. The maximum Gasteiger partial charge on any atom is 0.270 e. The Balaban J connectivity index is 2.22. The summed E-state index contributed by atoms with van der Waals surface area (Å²) in [6.07, 6.45) is 0. The van der Waals surface area contributed by atoms with Crippen molar-refractivity contribution in [2.45, 2.75) is 4.90 Å². The molecular weight excluding hydrogens is 308 g/mol. The molecule has 23 heavy (non-hydrogen) atoms. The SMILES string of the molecule is Nc1ccccc1S(=O)(=O)N(c1ccccc1)c1ccccc1. The van der Waals surface area contributed by atoms with Crippen LogP contribution in [0.5, 0.6) is 0 Å². The van der Waals surface area contributed by atoms with Crippen LogP contribution in [0.15, 0.2) is 89.8 Å². The fraction of sp³-hybridized carbons (Fsp3) is 0. The minimum atomic E-state index is -3.83. The number of rotatable bonds is 4. The van der Waals surface area contributed by atoms with E-state index in [0.717, 1.165) is 0 Å². The smallest absolute Gasteiger partial charge is 0.270 e. The van der Waals surface area contributed by atoms with Crippen LogP contribution in [0.25, 0.3) is 0 Å². The van der Waals surface area contributed by atoms with E-state index in [-0.39, 0.29) is 10.6 Å². The Kier molecular flexibility index (Phi) is 4.04. The number of anilines is 3. The van der Waals surface area contributed by atoms with E-state index in [2.05, 4.69) is 0 Å². The second-order valence-electron chi connectivity index (χ2n) is 4.98. The van der Waals surface area contributed by atoms with E-state index < -0.39 is 10.0 Å². The maximum absolute atomic E-state index is 13.2. The van der Waals surface area contributed by atoms with Gasteiger partial charge in [-0.15, -0.1) is 0 Å². The van der Waals surface area contributed by atoms with Gasteiger partial charge < -0.3 is 5.73 Å². The Morgan fingerprint density at radius 1 is 0.652 bits per heavy atom. The van der Waals surface area contributed by atoms with Gasteiger partial charge in [-0.3, -0.25) is 0 Å². The van der Waals surface area contributed by atoms with E-state index >= 15 is 0 Å². The number of hydrogen-bond acceptors (Lipinski definition) is 3. The highest BCUT2D eigenvalue weighted by atomic mass is 32.2. The van der Waals surface area contributed by atoms with E-state index in [9.17, 15) is 8.42 Å². The van der Waals surface area contributed by atoms with Crippen molar-refractivity contribution in [2.24, 2.45) is 0 Å². The molecule has 3 aromatic carbocycles. The lowest BCUT2D eigenvalue weighted by molar-refractivity contribution is 0.596. The zero-order valence-corrected chi connectivity index (χ0v) is 13.1. The molecule has 0 amide bonds. The first-order valence-corrected chi connectivity index (χ1v) is 8.54. The van der Waals surface area contributed by atoms with Gasteiger partial charge >= 0.3 is 0 Å². The first kappa shape index (κ1) is 15.1. The summed E-state index contributed by atoms with van der Waals surface area (Å²) in [5.41, 5.74) is 7.24. The van der Waals surface area contributed by atoms with Crippen LogP contribution >= 0.6 is 0 Å². The summed E-state index contributed by atoms with van der Waals surface area (Å²) in [6, 6.07) is 24.4. The summed E-state index contributed by atoms with van der Waals surface area (Å²) < 4.78 is 27.7. The standard InChI is InChI=1S/C18H16N2O2S/c19-17-13-7-8-14-18(17)23(21,22)20(15-9-3-1-4-10-15)16-11-5-2-6-12-16/h1-14H,19H2. The highest BCUT2D eigenvalue weighted by Crippen LogP contribution is 2.33.